The fourth-order valence-electron chi connectivity index (χ4n) is 2.19. The van der Waals surface area contributed by atoms with Crippen molar-refractivity contribution in [2.24, 2.45) is 0 Å². The summed E-state index contributed by atoms with van der Waals surface area (Å²) in [4.78, 5) is 0. The van der Waals surface area contributed by atoms with Crippen LogP contribution in [0, 0.1) is 0 Å². The van der Waals surface area contributed by atoms with Crippen LogP contribution in [-0.4, -0.2) is 7.05 Å². The predicted molar refractivity (Wildman–Crippen MR) is 74.7 cm³/mol. The van der Waals surface area contributed by atoms with E-state index >= 15 is 0 Å². The fourth-order valence-corrected chi connectivity index (χ4v) is 2.19. The maximum Gasteiger partial charge on any atom is 0.125 e. The molecule has 0 amide bonds. The van der Waals surface area contributed by atoms with Gasteiger partial charge in [0.1, 0.15) is 5.76 Å². The van der Waals surface area contributed by atoms with Gasteiger partial charge in [0.05, 0.1) is 12.3 Å². The van der Waals surface area contributed by atoms with Gasteiger partial charge in [-0.05, 0) is 43.1 Å². The monoisotopic (exact) mass is 243 g/mol. The van der Waals surface area contributed by atoms with Crippen LogP contribution in [0.3, 0.4) is 0 Å². The quantitative estimate of drug-likeness (QED) is 0.831. The lowest BCUT2D eigenvalue weighted by Gasteiger charge is -2.14. The molecule has 1 heterocycles. The molecule has 1 aromatic carbocycles. The van der Waals surface area contributed by atoms with Crippen LogP contribution in [0.4, 0.5) is 0 Å². The van der Waals surface area contributed by atoms with Crippen molar-refractivity contribution in [1.29, 1.82) is 0 Å². The molecule has 18 heavy (non-hydrogen) atoms. The first-order valence-corrected chi connectivity index (χ1v) is 6.64. The summed E-state index contributed by atoms with van der Waals surface area (Å²) >= 11 is 0. The van der Waals surface area contributed by atoms with Gasteiger partial charge in [-0.25, -0.2) is 0 Å². The molecule has 0 saturated heterocycles. The molecular formula is C16H21NO. The lowest BCUT2D eigenvalue weighted by molar-refractivity contribution is 0.463. The Morgan fingerprint density at radius 1 is 1.17 bits per heavy atom. The largest absolute Gasteiger partial charge is 0.467 e. The van der Waals surface area contributed by atoms with Gasteiger partial charge in [0, 0.05) is 0 Å². The molecule has 2 heteroatoms. The Hall–Kier alpha value is -1.54. The third-order valence-electron chi connectivity index (χ3n) is 3.25. The summed E-state index contributed by atoms with van der Waals surface area (Å²) in [5.41, 5.74) is 2.66. The van der Waals surface area contributed by atoms with Crippen molar-refractivity contribution in [1.82, 2.24) is 5.32 Å². The van der Waals surface area contributed by atoms with E-state index in [2.05, 4.69) is 36.5 Å². The molecule has 1 atom stereocenters. The number of furan rings is 1. The molecule has 0 fully saturated rings. The van der Waals surface area contributed by atoms with Crippen LogP contribution in [0.5, 0.6) is 0 Å². The highest BCUT2D eigenvalue weighted by Crippen LogP contribution is 2.22. The topological polar surface area (TPSA) is 25.2 Å². The zero-order chi connectivity index (χ0) is 12.8. The van der Waals surface area contributed by atoms with E-state index in [-0.39, 0.29) is 6.04 Å². The molecule has 0 aliphatic heterocycles. The van der Waals surface area contributed by atoms with Gasteiger partial charge >= 0.3 is 0 Å². The zero-order valence-corrected chi connectivity index (χ0v) is 11.1. The van der Waals surface area contributed by atoms with Crippen molar-refractivity contribution >= 4 is 0 Å². The number of unbranched alkanes of at least 4 members (excludes halogenated alkanes) is 1. The van der Waals surface area contributed by atoms with E-state index < -0.39 is 0 Å². The van der Waals surface area contributed by atoms with Gasteiger partial charge in [0.15, 0.2) is 0 Å². The Balaban J connectivity index is 2.12. The number of rotatable bonds is 6. The molecule has 2 aromatic rings. The summed E-state index contributed by atoms with van der Waals surface area (Å²) in [6.45, 7) is 2.22. The van der Waals surface area contributed by atoms with Crippen LogP contribution in [0.1, 0.15) is 42.7 Å². The van der Waals surface area contributed by atoms with Crippen LogP contribution in [0.15, 0.2) is 47.1 Å². The van der Waals surface area contributed by atoms with Gasteiger partial charge in [0.25, 0.3) is 0 Å². The number of hydrogen-bond donors (Lipinski definition) is 1. The maximum absolute atomic E-state index is 5.47. The highest BCUT2D eigenvalue weighted by atomic mass is 16.3. The normalized spacial score (nSPS) is 12.6. The predicted octanol–water partition coefficient (Wildman–Crippen LogP) is 3.93. The standard InChI is InChI=1S/C16H21NO/c1-3-4-6-13-8-10-14(11-9-13)16(17-2)15-7-5-12-18-15/h5,7-12,16-17H,3-4,6H2,1-2H3. The van der Waals surface area contributed by atoms with Gasteiger partial charge in [-0.2, -0.15) is 0 Å². The summed E-state index contributed by atoms with van der Waals surface area (Å²) in [7, 11) is 1.96. The molecule has 0 aliphatic rings. The Morgan fingerprint density at radius 3 is 2.50 bits per heavy atom. The van der Waals surface area contributed by atoms with Crippen molar-refractivity contribution in [2.75, 3.05) is 7.05 Å². The first kappa shape index (κ1) is 12.9. The zero-order valence-electron chi connectivity index (χ0n) is 11.1. The van der Waals surface area contributed by atoms with Gasteiger partial charge in [0.2, 0.25) is 0 Å². The smallest absolute Gasteiger partial charge is 0.125 e. The lowest BCUT2D eigenvalue weighted by Crippen LogP contribution is -2.16. The second-order valence-electron chi connectivity index (χ2n) is 4.58. The summed E-state index contributed by atoms with van der Waals surface area (Å²) in [5, 5.41) is 3.29. The minimum Gasteiger partial charge on any atom is -0.467 e. The molecule has 1 aromatic heterocycles. The Bertz CT molecular complexity index is 444. The minimum atomic E-state index is 0.139. The molecule has 1 N–H and O–H groups in total. The Morgan fingerprint density at radius 2 is 1.94 bits per heavy atom. The van der Waals surface area contributed by atoms with Crippen LogP contribution < -0.4 is 5.32 Å². The van der Waals surface area contributed by atoms with E-state index in [1.54, 1.807) is 6.26 Å². The highest BCUT2D eigenvalue weighted by Gasteiger charge is 2.13. The number of benzene rings is 1. The summed E-state index contributed by atoms with van der Waals surface area (Å²) in [6.07, 6.45) is 5.39. The second kappa shape index (κ2) is 6.41. The van der Waals surface area contributed by atoms with Crippen molar-refractivity contribution in [3.05, 3.63) is 59.5 Å². The van der Waals surface area contributed by atoms with Crippen molar-refractivity contribution in [3.8, 4) is 0 Å². The third-order valence-corrected chi connectivity index (χ3v) is 3.25. The summed E-state index contributed by atoms with van der Waals surface area (Å²) in [5.74, 6) is 0.957. The maximum atomic E-state index is 5.47. The fraction of sp³-hybridized carbons (Fsp3) is 0.375. The van der Waals surface area contributed by atoms with E-state index in [1.807, 2.05) is 19.2 Å². The molecule has 96 valence electrons. The Kier molecular flexibility index (Phi) is 4.59. The molecule has 0 aliphatic carbocycles. The van der Waals surface area contributed by atoms with E-state index in [0.717, 1.165) is 5.76 Å². The molecule has 2 nitrogen and oxygen atoms in total. The summed E-state index contributed by atoms with van der Waals surface area (Å²) in [6, 6.07) is 12.9. The van der Waals surface area contributed by atoms with E-state index in [1.165, 1.54) is 30.4 Å². The molecule has 0 saturated carbocycles. The first-order valence-electron chi connectivity index (χ1n) is 6.64. The van der Waals surface area contributed by atoms with Crippen LogP contribution in [0.2, 0.25) is 0 Å². The van der Waals surface area contributed by atoms with Gasteiger partial charge in [-0.15, -0.1) is 0 Å². The van der Waals surface area contributed by atoms with Crippen molar-refractivity contribution in [3.63, 3.8) is 0 Å². The molecule has 0 bridgehead atoms. The lowest BCUT2D eigenvalue weighted by atomic mass is 10.0. The Labute approximate surface area is 109 Å². The average molecular weight is 243 g/mol. The average Bonchev–Trinajstić information content (AvgIpc) is 2.93. The third kappa shape index (κ3) is 3.02. The second-order valence-corrected chi connectivity index (χ2v) is 4.58. The molecular weight excluding hydrogens is 222 g/mol. The van der Waals surface area contributed by atoms with Crippen molar-refractivity contribution in [2.45, 2.75) is 32.2 Å². The van der Waals surface area contributed by atoms with E-state index in [0.29, 0.717) is 0 Å². The van der Waals surface area contributed by atoms with Gasteiger partial charge in [-0.3, -0.25) is 0 Å². The molecule has 0 radical (unpaired) electrons. The first-order chi connectivity index (χ1) is 8.85. The number of nitrogens with one attached hydrogen (secondary N) is 1. The van der Waals surface area contributed by atoms with Crippen LogP contribution in [0.25, 0.3) is 0 Å². The number of aryl methyl sites for hydroxylation is 1. The van der Waals surface area contributed by atoms with Crippen molar-refractivity contribution < 1.29 is 4.42 Å². The molecule has 2 rings (SSSR count). The number of hydrogen-bond acceptors (Lipinski definition) is 2. The molecule has 1 unspecified atom stereocenters. The highest BCUT2D eigenvalue weighted by molar-refractivity contribution is 5.29. The van der Waals surface area contributed by atoms with E-state index in [9.17, 15) is 0 Å². The molecule has 0 spiro atoms. The van der Waals surface area contributed by atoms with E-state index in [4.69, 9.17) is 4.42 Å². The van der Waals surface area contributed by atoms with Crippen LogP contribution in [-0.2, 0) is 6.42 Å². The summed E-state index contributed by atoms with van der Waals surface area (Å²) < 4.78 is 5.47. The van der Waals surface area contributed by atoms with Crippen LogP contribution >= 0.6 is 0 Å². The minimum absolute atomic E-state index is 0.139. The van der Waals surface area contributed by atoms with Gasteiger partial charge in [-0.1, -0.05) is 37.6 Å². The SMILES string of the molecule is CCCCc1ccc(C(NC)c2ccco2)cc1. The van der Waals surface area contributed by atoms with Gasteiger partial charge < -0.3 is 9.73 Å².